The number of aryl methyl sites for hydroxylation is 2. The molecule has 2 amide bonds. The number of carbonyl (C=O) groups is 2. The van der Waals surface area contributed by atoms with E-state index < -0.39 is 6.04 Å². The first-order valence-corrected chi connectivity index (χ1v) is 11.8. The minimum absolute atomic E-state index is 0.120. The van der Waals surface area contributed by atoms with Gasteiger partial charge in [0.2, 0.25) is 5.91 Å². The monoisotopic (exact) mass is 456 g/mol. The normalized spacial score (nSPS) is 15.1. The van der Waals surface area contributed by atoms with E-state index >= 15 is 0 Å². The molecule has 0 aliphatic heterocycles. The molecule has 0 aromatic heterocycles. The Labute approximate surface area is 196 Å². The van der Waals surface area contributed by atoms with Crippen molar-refractivity contribution in [1.29, 1.82) is 0 Å². The summed E-state index contributed by atoms with van der Waals surface area (Å²) >= 11 is 6.01. The Morgan fingerprint density at radius 3 is 2.41 bits per heavy atom. The van der Waals surface area contributed by atoms with Crippen LogP contribution in [-0.2, 0) is 16.1 Å². The van der Waals surface area contributed by atoms with Gasteiger partial charge in [-0.15, -0.1) is 0 Å². The maximum atomic E-state index is 13.2. The fraction of sp³-hybridized carbons (Fsp3) is 0.462. The van der Waals surface area contributed by atoms with Crippen LogP contribution in [0, 0.1) is 13.8 Å². The average Bonchev–Trinajstić information content (AvgIpc) is 2.79. The van der Waals surface area contributed by atoms with Crippen LogP contribution in [0.25, 0.3) is 0 Å². The van der Waals surface area contributed by atoms with Crippen molar-refractivity contribution in [2.45, 2.75) is 71.5 Å². The van der Waals surface area contributed by atoms with E-state index in [2.05, 4.69) is 5.32 Å². The molecule has 2 aromatic rings. The highest BCUT2D eigenvalue weighted by Gasteiger charge is 2.28. The number of rotatable bonds is 8. The highest BCUT2D eigenvalue weighted by atomic mass is 35.5. The number of ether oxygens (including phenoxy) is 1. The van der Waals surface area contributed by atoms with Crippen LogP contribution in [0.4, 0.5) is 0 Å². The summed E-state index contributed by atoms with van der Waals surface area (Å²) in [7, 11) is 0. The predicted octanol–water partition coefficient (Wildman–Crippen LogP) is 5.20. The summed E-state index contributed by atoms with van der Waals surface area (Å²) in [6, 6.07) is 12.7. The molecular formula is C26H33ClN2O3. The molecule has 5 nitrogen and oxygen atoms in total. The van der Waals surface area contributed by atoms with Crippen molar-refractivity contribution in [2.24, 2.45) is 0 Å². The van der Waals surface area contributed by atoms with Crippen molar-refractivity contribution < 1.29 is 14.3 Å². The maximum Gasteiger partial charge on any atom is 0.261 e. The van der Waals surface area contributed by atoms with E-state index in [0.717, 1.165) is 36.8 Å². The molecule has 0 unspecified atom stereocenters. The molecule has 172 valence electrons. The van der Waals surface area contributed by atoms with E-state index in [-0.39, 0.29) is 24.5 Å². The van der Waals surface area contributed by atoms with Crippen LogP contribution in [-0.4, -0.2) is 35.4 Å². The highest BCUT2D eigenvalue weighted by molar-refractivity contribution is 6.30. The molecule has 1 aliphatic carbocycles. The van der Waals surface area contributed by atoms with Gasteiger partial charge in [0.25, 0.3) is 5.91 Å². The third-order valence-corrected chi connectivity index (χ3v) is 6.48. The smallest absolute Gasteiger partial charge is 0.261 e. The SMILES string of the molecule is Cc1ccc(OCC(=O)N(Cc2ccc(Cl)cc2)[C@H](C)C(=O)NC2CCCCC2)cc1C. The van der Waals surface area contributed by atoms with Crippen LogP contribution < -0.4 is 10.1 Å². The third kappa shape index (κ3) is 6.73. The minimum atomic E-state index is -0.608. The lowest BCUT2D eigenvalue weighted by Crippen LogP contribution is -2.51. The van der Waals surface area contributed by atoms with Gasteiger partial charge in [-0.3, -0.25) is 9.59 Å². The first-order chi connectivity index (χ1) is 15.3. The average molecular weight is 457 g/mol. The van der Waals surface area contributed by atoms with Gasteiger partial charge in [0.1, 0.15) is 11.8 Å². The summed E-state index contributed by atoms with van der Waals surface area (Å²) in [5.74, 6) is 0.294. The van der Waals surface area contributed by atoms with Crippen LogP contribution in [0.15, 0.2) is 42.5 Å². The number of nitrogens with zero attached hydrogens (tertiary/aromatic N) is 1. The van der Waals surface area contributed by atoms with Crippen LogP contribution in [0.1, 0.15) is 55.7 Å². The van der Waals surface area contributed by atoms with Crippen LogP contribution in [0.3, 0.4) is 0 Å². The van der Waals surface area contributed by atoms with Crippen molar-refractivity contribution in [3.05, 3.63) is 64.2 Å². The molecule has 0 saturated heterocycles. The van der Waals surface area contributed by atoms with Gasteiger partial charge in [0, 0.05) is 17.6 Å². The van der Waals surface area contributed by atoms with Crippen molar-refractivity contribution in [3.8, 4) is 5.75 Å². The predicted molar refractivity (Wildman–Crippen MR) is 128 cm³/mol. The van der Waals surface area contributed by atoms with Crippen molar-refractivity contribution in [2.75, 3.05) is 6.61 Å². The lowest BCUT2D eigenvalue weighted by molar-refractivity contribution is -0.142. The van der Waals surface area contributed by atoms with E-state index in [9.17, 15) is 9.59 Å². The van der Waals surface area contributed by atoms with Crippen LogP contribution >= 0.6 is 11.6 Å². The van der Waals surface area contributed by atoms with E-state index in [1.807, 2.05) is 44.2 Å². The van der Waals surface area contributed by atoms with Gasteiger partial charge in [-0.05, 0) is 74.6 Å². The molecule has 1 atom stereocenters. The van der Waals surface area contributed by atoms with Crippen molar-refractivity contribution in [1.82, 2.24) is 10.2 Å². The van der Waals surface area contributed by atoms with Gasteiger partial charge in [-0.1, -0.05) is 49.1 Å². The first-order valence-electron chi connectivity index (χ1n) is 11.4. The van der Waals surface area contributed by atoms with Crippen LogP contribution in [0.2, 0.25) is 5.02 Å². The molecule has 1 N–H and O–H groups in total. The highest BCUT2D eigenvalue weighted by Crippen LogP contribution is 2.20. The minimum Gasteiger partial charge on any atom is -0.484 e. The van der Waals surface area contributed by atoms with Gasteiger partial charge in [0.15, 0.2) is 6.61 Å². The molecular weight excluding hydrogens is 424 g/mol. The zero-order chi connectivity index (χ0) is 23.1. The lowest BCUT2D eigenvalue weighted by Gasteiger charge is -2.31. The molecule has 1 saturated carbocycles. The Hall–Kier alpha value is -2.53. The molecule has 3 rings (SSSR count). The fourth-order valence-corrected chi connectivity index (χ4v) is 4.10. The molecule has 0 heterocycles. The van der Waals surface area contributed by atoms with Gasteiger partial charge >= 0.3 is 0 Å². The van der Waals surface area contributed by atoms with Gasteiger partial charge < -0.3 is 15.0 Å². The second kappa shape index (κ2) is 11.4. The summed E-state index contributed by atoms with van der Waals surface area (Å²) < 4.78 is 5.78. The van der Waals surface area contributed by atoms with Crippen molar-refractivity contribution in [3.63, 3.8) is 0 Å². The maximum absolute atomic E-state index is 13.2. The number of amides is 2. The Morgan fingerprint density at radius 1 is 1.06 bits per heavy atom. The zero-order valence-corrected chi connectivity index (χ0v) is 20.0. The molecule has 6 heteroatoms. The lowest BCUT2D eigenvalue weighted by atomic mass is 9.95. The number of benzene rings is 2. The van der Waals surface area contributed by atoms with Crippen molar-refractivity contribution >= 4 is 23.4 Å². The summed E-state index contributed by atoms with van der Waals surface area (Å²) in [6.45, 7) is 6.00. The summed E-state index contributed by atoms with van der Waals surface area (Å²) in [6.07, 6.45) is 5.49. The summed E-state index contributed by atoms with van der Waals surface area (Å²) in [5.41, 5.74) is 3.18. The van der Waals surface area contributed by atoms with E-state index in [1.54, 1.807) is 24.0 Å². The molecule has 2 aromatic carbocycles. The summed E-state index contributed by atoms with van der Waals surface area (Å²) in [5, 5.41) is 3.77. The van der Waals surface area contributed by atoms with Gasteiger partial charge in [-0.25, -0.2) is 0 Å². The third-order valence-electron chi connectivity index (χ3n) is 6.23. The van der Waals surface area contributed by atoms with E-state index in [0.29, 0.717) is 17.3 Å². The molecule has 1 fully saturated rings. The molecule has 32 heavy (non-hydrogen) atoms. The number of nitrogens with one attached hydrogen (secondary N) is 1. The summed E-state index contributed by atoms with van der Waals surface area (Å²) in [4.78, 5) is 27.7. The Kier molecular flexibility index (Phi) is 8.57. The number of hydrogen-bond acceptors (Lipinski definition) is 3. The Balaban J connectivity index is 1.70. The zero-order valence-electron chi connectivity index (χ0n) is 19.2. The largest absolute Gasteiger partial charge is 0.484 e. The Bertz CT molecular complexity index is 923. The number of carbonyl (C=O) groups excluding carboxylic acids is 2. The van der Waals surface area contributed by atoms with E-state index in [4.69, 9.17) is 16.3 Å². The van der Waals surface area contributed by atoms with E-state index in [1.165, 1.54) is 12.0 Å². The van der Waals surface area contributed by atoms with Crippen LogP contribution in [0.5, 0.6) is 5.75 Å². The quantitative estimate of drug-likeness (QED) is 0.593. The standard InChI is InChI=1S/C26H33ClN2O3/c1-18-9-14-24(15-19(18)2)32-17-25(30)29(16-21-10-12-22(27)13-11-21)20(3)26(31)28-23-7-5-4-6-8-23/h9-15,20,23H,4-8,16-17H2,1-3H3,(H,28,31)/t20-/m1/s1. The molecule has 1 aliphatic rings. The molecule has 0 bridgehead atoms. The Morgan fingerprint density at radius 2 is 1.75 bits per heavy atom. The first kappa shape index (κ1) is 24.1. The second-order valence-electron chi connectivity index (χ2n) is 8.70. The number of halogens is 1. The van der Waals surface area contributed by atoms with Gasteiger partial charge in [0.05, 0.1) is 0 Å². The van der Waals surface area contributed by atoms with Gasteiger partial charge in [-0.2, -0.15) is 0 Å². The number of hydrogen-bond donors (Lipinski definition) is 1. The second-order valence-corrected chi connectivity index (χ2v) is 9.14. The topological polar surface area (TPSA) is 58.6 Å². The molecule has 0 spiro atoms. The molecule has 0 radical (unpaired) electrons. The fourth-order valence-electron chi connectivity index (χ4n) is 3.97.